The standard InChI is InChI=1S/C18H24N4O/c1-14-10-20-21(12-14)13-17-5-3-4-8-22(17)18(23)9-16-7-6-15(2)19-11-16/h6-7,10-12,17H,3-5,8-9,13H2,1-2H3/t17-/m1/s1. The van der Waals surface area contributed by atoms with Crippen LogP contribution in [0, 0.1) is 13.8 Å². The molecule has 2 aromatic rings. The predicted molar refractivity (Wildman–Crippen MR) is 89.0 cm³/mol. The second kappa shape index (κ2) is 6.94. The van der Waals surface area contributed by atoms with Crippen molar-refractivity contribution < 1.29 is 4.79 Å². The van der Waals surface area contributed by atoms with E-state index in [9.17, 15) is 4.79 Å². The van der Waals surface area contributed by atoms with Gasteiger partial charge in [0.1, 0.15) is 0 Å². The Morgan fingerprint density at radius 1 is 1.26 bits per heavy atom. The molecule has 1 fully saturated rings. The Morgan fingerprint density at radius 3 is 2.83 bits per heavy atom. The van der Waals surface area contributed by atoms with Crippen LogP contribution in [-0.2, 0) is 17.8 Å². The number of carbonyl (C=O) groups is 1. The molecule has 0 N–H and O–H groups in total. The van der Waals surface area contributed by atoms with Crippen molar-refractivity contribution in [1.82, 2.24) is 19.7 Å². The van der Waals surface area contributed by atoms with Crippen LogP contribution < -0.4 is 0 Å². The van der Waals surface area contributed by atoms with E-state index in [1.165, 1.54) is 6.42 Å². The average Bonchev–Trinajstić information content (AvgIpc) is 2.95. The molecule has 0 aromatic carbocycles. The number of rotatable bonds is 4. The molecule has 23 heavy (non-hydrogen) atoms. The Kier molecular flexibility index (Phi) is 4.74. The first-order valence-corrected chi connectivity index (χ1v) is 8.32. The van der Waals surface area contributed by atoms with E-state index in [1.54, 1.807) is 0 Å². The van der Waals surface area contributed by atoms with Crippen LogP contribution in [0.25, 0.3) is 0 Å². The second-order valence-corrected chi connectivity index (χ2v) is 6.46. The summed E-state index contributed by atoms with van der Waals surface area (Å²) in [5.41, 5.74) is 3.12. The molecule has 3 heterocycles. The van der Waals surface area contributed by atoms with Gasteiger partial charge in [0.05, 0.1) is 25.2 Å². The highest BCUT2D eigenvalue weighted by molar-refractivity contribution is 5.79. The van der Waals surface area contributed by atoms with Crippen molar-refractivity contribution in [3.63, 3.8) is 0 Å². The van der Waals surface area contributed by atoms with Gasteiger partial charge in [0.15, 0.2) is 0 Å². The van der Waals surface area contributed by atoms with Crippen LogP contribution in [0.3, 0.4) is 0 Å². The molecule has 3 rings (SSSR count). The van der Waals surface area contributed by atoms with Crippen molar-refractivity contribution in [3.8, 4) is 0 Å². The zero-order valence-electron chi connectivity index (χ0n) is 13.9. The summed E-state index contributed by atoms with van der Waals surface area (Å²) in [6, 6.07) is 4.20. The van der Waals surface area contributed by atoms with Crippen LogP contribution in [-0.4, -0.2) is 38.2 Å². The molecular weight excluding hydrogens is 288 g/mol. The largest absolute Gasteiger partial charge is 0.338 e. The molecule has 5 heteroatoms. The fourth-order valence-electron chi connectivity index (χ4n) is 3.18. The molecule has 1 aliphatic heterocycles. The smallest absolute Gasteiger partial charge is 0.227 e. The minimum absolute atomic E-state index is 0.198. The number of amides is 1. The molecule has 0 radical (unpaired) electrons. The number of hydrogen-bond acceptors (Lipinski definition) is 3. The number of piperidine rings is 1. The molecule has 0 bridgehead atoms. The van der Waals surface area contributed by atoms with E-state index in [0.717, 1.165) is 42.8 Å². The minimum Gasteiger partial charge on any atom is -0.338 e. The molecule has 0 saturated carbocycles. The lowest BCUT2D eigenvalue weighted by Gasteiger charge is -2.36. The van der Waals surface area contributed by atoms with Crippen LogP contribution in [0.2, 0.25) is 0 Å². The van der Waals surface area contributed by atoms with Crippen molar-refractivity contribution in [2.45, 2.75) is 52.1 Å². The number of likely N-dealkylation sites (tertiary alicyclic amines) is 1. The number of pyridine rings is 1. The normalized spacial score (nSPS) is 18.2. The van der Waals surface area contributed by atoms with Gasteiger partial charge in [0.2, 0.25) is 5.91 Å². The van der Waals surface area contributed by atoms with E-state index < -0.39 is 0 Å². The monoisotopic (exact) mass is 312 g/mol. The molecule has 0 unspecified atom stereocenters. The van der Waals surface area contributed by atoms with Crippen molar-refractivity contribution in [2.75, 3.05) is 6.54 Å². The number of aromatic nitrogens is 3. The quantitative estimate of drug-likeness (QED) is 0.871. The highest BCUT2D eigenvalue weighted by atomic mass is 16.2. The molecule has 2 aromatic heterocycles. The van der Waals surface area contributed by atoms with Gasteiger partial charge in [-0.25, -0.2) is 0 Å². The summed E-state index contributed by atoms with van der Waals surface area (Å²) in [5.74, 6) is 0.198. The van der Waals surface area contributed by atoms with Crippen molar-refractivity contribution in [1.29, 1.82) is 0 Å². The number of hydrogen-bond donors (Lipinski definition) is 0. The van der Waals surface area contributed by atoms with Crippen molar-refractivity contribution >= 4 is 5.91 Å². The third kappa shape index (κ3) is 3.97. The summed E-state index contributed by atoms with van der Waals surface area (Å²) in [6.07, 6.45) is 9.48. The number of carbonyl (C=O) groups excluding carboxylic acids is 1. The van der Waals surface area contributed by atoms with E-state index >= 15 is 0 Å². The van der Waals surface area contributed by atoms with E-state index in [-0.39, 0.29) is 11.9 Å². The molecule has 0 spiro atoms. The second-order valence-electron chi connectivity index (χ2n) is 6.46. The van der Waals surface area contributed by atoms with Gasteiger partial charge in [-0.3, -0.25) is 14.5 Å². The highest BCUT2D eigenvalue weighted by Gasteiger charge is 2.27. The third-order valence-electron chi connectivity index (χ3n) is 4.44. The Balaban J connectivity index is 1.67. The van der Waals surface area contributed by atoms with Gasteiger partial charge in [-0.05, 0) is 50.3 Å². The Labute approximate surface area is 137 Å². The van der Waals surface area contributed by atoms with Crippen LogP contribution >= 0.6 is 0 Å². The van der Waals surface area contributed by atoms with Gasteiger partial charge in [-0.1, -0.05) is 6.07 Å². The third-order valence-corrected chi connectivity index (χ3v) is 4.44. The van der Waals surface area contributed by atoms with E-state index in [2.05, 4.69) is 10.1 Å². The zero-order chi connectivity index (χ0) is 16.2. The molecule has 1 atom stereocenters. The maximum atomic E-state index is 12.7. The van der Waals surface area contributed by atoms with Crippen molar-refractivity contribution in [3.05, 3.63) is 47.5 Å². The number of aryl methyl sites for hydroxylation is 2. The summed E-state index contributed by atoms with van der Waals surface area (Å²) in [7, 11) is 0. The average molecular weight is 312 g/mol. The zero-order valence-corrected chi connectivity index (χ0v) is 13.9. The summed E-state index contributed by atoms with van der Waals surface area (Å²) in [4.78, 5) is 19.1. The van der Waals surface area contributed by atoms with Gasteiger partial charge in [-0.2, -0.15) is 5.10 Å². The van der Waals surface area contributed by atoms with Gasteiger partial charge < -0.3 is 4.90 Å². The molecule has 1 saturated heterocycles. The van der Waals surface area contributed by atoms with Crippen LogP contribution in [0.4, 0.5) is 0 Å². The fraction of sp³-hybridized carbons (Fsp3) is 0.500. The predicted octanol–water partition coefficient (Wildman–Crippen LogP) is 2.52. The summed E-state index contributed by atoms with van der Waals surface area (Å²) < 4.78 is 1.96. The van der Waals surface area contributed by atoms with Gasteiger partial charge in [0, 0.05) is 24.6 Å². The molecule has 1 aliphatic rings. The Morgan fingerprint density at radius 2 is 2.13 bits per heavy atom. The minimum atomic E-state index is 0.198. The van der Waals surface area contributed by atoms with Crippen LogP contribution in [0.1, 0.15) is 36.1 Å². The Hall–Kier alpha value is -2.17. The fourth-order valence-corrected chi connectivity index (χ4v) is 3.18. The lowest BCUT2D eigenvalue weighted by Crippen LogP contribution is -2.46. The lowest BCUT2D eigenvalue weighted by atomic mass is 10.0. The van der Waals surface area contributed by atoms with Gasteiger partial charge in [-0.15, -0.1) is 0 Å². The highest BCUT2D eigenvalue weighted by Crippen LogP contribution is 2.20. The summed E-state index contributed by atoms with van der Waals surface area (Å²) in [5, 5.41) is 4.37. The summed E-state index contributed by atoms with van der Waals surface area (Å²) >= 11 is 0. The van der Waals surface area contributed by atoms with E-state index in [0.29, 0.717) is 6.42 Å². The van der Waals surface area contributed by atoms with E-state index in [1.807, 2.05) is 54.2 Å². The van der Waals surface area contributed by atoms with Crippen LogP contribution in [0.5, 0.6) is 0 Å². The molecule has 0 aliphatic carbocycles. The maximum absolute atomic E-state index is 12.7. The maximum Gasteiger partial charge on any atom is 0.227 e. The topological polar surface area (TPSA) is 51.0 Å². The first kappa shape index (κ1) is 15.7. The molecule has 122 valence electrons. The number of nitrogens with zero attached hydrogens (tertiary/aromatic N) is 4. The first-order chi connectivity index (χ1) is 11.1. The van der Waals surface area contributed by atoms with Crippen LogP contribution in [0.15, 0.2) is 30.7 Å². The molecule has 5 nitrogen and oxygen atoms in total. The van der Waals surface area contributed by atoms with Gasteiger partial charge >= 0.3 is 0 Å². The van der Waals surface area contributed by atoms with E-state index in [4.69, 9.17) is 0 Å². The molecular formula is C18H24N4O. The Bertz CT molecular complexity index is 662. The lowest BCUT2D eigenvalue weighted by molar-refractivity contribution is -0.134. The SMILES string of the molecule is Cc1cnn(C[C@H]2CCCCN2C(=O)Cc2ccc(C)nc2)c1. The first-order valence-electron chi connectivity index (χ1n) is 8.32. The van der Waals surface area contributed by atoms with Crippen molar-refractivity contribution in [2.24, 2.45) is 0 Å². The van der Waals surface area contributed by atoms with Gasteiger partial charge in [0.25, 0.3) is 0 Å². The summed E-state index contributed by atoms with van der Waals surface area (Å²) in [6.45, 7) is 5.63. The molecule has 1 amide bonds.